The maximum absolute atomic E-state index is 11.7. The Kier molecular flexibility index (Phi) is 16.5. The van der Waals surface area contributed by atoms with E-state index in [1.54, 1.807) is 13.8 Å². The summed E-state index contributed by atoms with van der Waals surface area (Å²) < 4.78 is 125. The van der Waals surface area contributed by atoms with E-state index >= 15 is 0 Å². The number of hydrogen-bond acceptors (Lipinski definition) is 22. The molecule has 0 aliphatic carbocycles. The molecule has 324 valence electrons. The van der Waals surface area contributed by atoms with Crippen molar-refractivity contribution in [3.63, 3.8) is 0 Å². The number of aliphatic hydroxyl groups is 5. The molecule has 0 aromatic rings. The van der Waals surface area contributed by atoms with Gasteiger partial charge in [0.2, 0.25) is 0 Å². The van der Waals surface area contributed by atoms with Crippen molar-refractivity contribution in [2.24, 2.45) is 0 Å². The molecule has 0 aromatic heterocycles. The van der Waals surface area contributed by atoms with Crippen molar-refractivity contribution in [2.75, 3.05) is 41.5 Å². The maximum Gasteiger partial charge on any atom is 0.397 e. The van der Waals surface area contributed by atoms with Gasteiger partial charge in [0.05, 0.1) is 43.6 Å². The zero-order valence-electron chi connectivity index (χ0n) is 31.0. The summed E-state index contributed by atoms with van der Waals surface area (Å²) in [5.41, 5.74) is 0. The quantitative estimate of drug-likeness (QED) is 0.0656. The van der Waals surface area contributed by atoms with Gasteiger partial charge in [-0.25, -0.2) is 8.37 Å². The fraction of sp³-hybridized carbons (Fsp3) is 1.00. The van der Waals surface area contributed by atoms with Crippen molar-refractivity contribution in [1.29, 1.82) is 0 Å². The molecular formula is C29H54N2O22S2. The Labute approximate surface area is 318 Å². The summed E-state index contributed by atoms with van der Waals surface area (Å²) >= 11 is 0. The average molecular weight is 847 g/mol. The van der Waals surface area contributed by atoms with E-state index < -0.39 is 157 Å². The van der Waals surface area contributed by atoms with Crippen molar-refractivity contribution in [1.82, 2.24) is 10.6 Å². The van der Waals surface area contributed by atoms with E-state index in [1.165, 1.54) is 35.2 Å². The molecule has 4 heterocycles. The minimum atomic E-state index is -5.04. The first-order valence-electron chi connectivity index (χ1n) is 17.3. The molecule has 0 amide bonds. The van der Waals surface area contributed by atoms with E-state index in [1.807, 2.05) is 0 Å². The Morgan fingerprint density at radius 1 is 0.509 bits per heavy atom. The highest BCUT2D eigenvalue weighted by Gasteiger charge is 2.55. The summed E-state index contributed by atoms with van der Waals surface area (Å²) in [6, 6.07) is -2.28. The van der Waals surface area contributed by atoms with Gasteiger partial charge in [0.1, 0.15) is 73.2 Å². The van der Waals surface area contributed by atoms with Gasteiger partial charge in [-0.3, -0.25) is 9.11 Å². The molecule has 24 nitrogen and oxygen atoms in total. The molecule has 4 aliphatic rings. The van der Waals surface area contributed by atoms with Crippen molar-refractivity contribution in [2.45, 2.75) is 143 Å². The first-order chi connectivity index (χ1) is 25.7. The van der Waals surface area contributed by atoms with Gasteiger partial charge in [0.25, 0.3) is 0 Å². The molecule has 26 heteroatoms. The second-order valence-electron chi connectivity index (χ2n) is 13.6. The van der Waals surface area contributed by atoms with Crippen LogP contribution in [0.1, 0.15) is 20.8 Å². The van der Waals surface area contributed by atoms with E-state index in [4.69, 9.17) is 47.2 Å². The largest absolute Gasteiger partial charge is 0.397 e. The Hall–Kier alpha value is -0.900. The lowest BCUT2D eigenvalue weighted by Gasteiger charge is -2.50. The highest BCUT2D eigenvalue weighted by molar-refractivity contribution is 7.81. The predicted octanol–water partition coefficient (Wildman–Crippen LogP) is -5.21. The SMILES string of the molecule is CNC1[C@@H](OC2C(C)O[C@H](O[C@@H]3C(COS(=O)(=O)O)O[C@H](OC4C(C)O[C@@H](C)C(OC)[C@@H]4O)C(NC)[C@H]3O)C(OC)[C@@H]2O)OC(COS(=O)(=O)O)[C@@H](O)[C@@H]1O. The van der Waals surface area contributed by atoms with Crippen LogP contribution in [0.3, 0.4) is 0 Å². The van der Waals surface area contributed by atoms with Crippen LogP contribution in [0.2, 0.25) is 0 Å². The smallest absolute Gasteiger partial charge is 0.388 e. The lowest BCUT2D eigenvalue weighted by Crippen LogP contribution is -2.69. The average Bonchev–Trinajstić information content (AvgIpc) is 3.09. The molecule has 4 aliphatic heterocycles. The van der Waals surface area contributed by atoms with Crippen LogP contribution in [0.4, 0.5) is 0 Å². The van der Waals surface area contributed by atoms with Crippen LogP contribution >= 0.6 is 0 Å². The van der Waals surface area contributed by atoms with E-state index in [2.05, 4.69) is 19.0 Å². The molecule has 0 radical (unpaired) electrons. The second kappa shape index (κ2) is 19.4. The number of likely N-dealkylation sites (N-methyl/N-ethyl adjacent to an activating group) is 2. The van der Waals surface area contributed by atoms with Crippen molar-refractivity contribution < 1.29 is 102 Å². The Morgan fingerprint density at radius 2 is 0.927 bits per heavy atom. The van der Waals surface area contributed by atoms with Gasteiger partial charge < -0.3 is 78.8 Å². The zero-order valence-corrected chi connectivity index (χ0v) is 32.7. The molecule has 4 saturated heterocycles. The lowest BCUT2D eigenvalue weighted by atomic mass is 9.94. The van der Waals surface area contributed by atoms with E-state index in [-0.39, 0.29) is 0 Å². The Morgan fingerprint density at radius 3 is 1.42 bits per heavy atom. The number of ether oxygens (including phenoxy) is 9. The standard InChI is InChI=1S/C29H54N2O22S2/c1-10-22(43-6)20(35)23(11(2)47-10)51-28-16(31-5)19(34)25(14(50-28)9-46-55(40,41)42)53-29-26(44-7)21(36)24(12(3)48-29)52-27-15(30-4)18(33)17(32)13(49-27)8-45-54(37,38)39/h10-36H,8-9H2,1-7H3,(H,37,38,39)(H,40,41,42)/t10-,11?,12?,13?,14?,15?,16?,17+,18+,19+,20-,21+,22?,23?,24?,25+,26?,27+,28+,29+/m0/s1. The normalized spacial score (nSPS) is 46.1. The molecule has 0 bridgehead atoms. The summed E-state index contributed by atoms with van der Waals surface area (Å²) in [6.07, 6.45) is -23.7. The van der Waals surface area contributed by atoms with Gasteiger partial charge in [-0.1, -0.05) is 0 Å². The molecule has 20 atom stereocenters. The number of methoxy groups -OCH3 is 2. The van der Waals surface area contributed by atoms with Crippen LogP contribution in [0.15, 0.2) is 0 Å². The molecule has 4 fully saturated rings. The van der Waals surface area contributed by atoms with Crippen molar-refractivity contribution in [3.8, 4) is 0 Å². The first kappa shape index (κ1) is 46.8. The molecule has 4 rings (SSSR count). The van der Waals surface area contributed by atoms with Crippen molar-refractivity contribution in [3.05, 3.63) is 0 Å². The van der Waals surface area contributed by atoms with Crippen LogP contribution < -0.4 is 10.6 Å². The Bertz CT molecular complexity index is 1430. The monoisotopic (exact) mass is 846 g/mol. The van der Waals surface area contributed by atoms with Gasteiger partial charge in [-0.15, -0.1) is 0 Å². The molecule has 10 unspecified atom stereocenters. The van der Waals surface area contributed by atoms with Crippen LogP contribution in [0.25, 0.3) is 0 Å². The summed E-state index contributed by atoms with van der Waals surface area (Å²) in [7, 11) is -4.55. The highest BCUT2D eigenvalue weighted by atomic mass is 32.3. The Balaban J connectivity index is 1.54. The van der Waals surface area contributed by atoms with Gasteiger partial charge in [-0.05, 0) is 34.9 Å². The third kappa shape index (κ3) is 11.2. The number of rotatable bonds is 16. The molecule has 0 aromatic carbocycles. The van der Waals surface area contributed by atoms with Gasteiger partial charge in [0.15, 0.2) is 18.9 Å². The third-order valence-electron chi connectivity index (χ3n) is 10.0. The zero-order chi connectivity index (χ0) is 41.2. The third-order valence-corrected chi connectivity index (χ3v) is 10.9. The highest BCUT2D eigenvalue weighted by Crippen LogP contribution is 2.35. The molecule has 0 saturated carbocycles. The van der Waals surface area contributed by atoms with E-state index in [0.717, 1.165) is 0 Å². The number of aliphatic hydroxyl groups excluding tert-OH is 5. The van der Waals surface area contributed by atoms with Gasteiger partial charge in [-0.2, -0.15) is 16.8 Å². The van der Waals surface area contributed by atoms with Crippen LogP contribution in [-0.2, 0) is 71.8 Å². The van der Waals surface area contributed by atoms with Gasteiger partial charge in [0, 0.05) is 14.2 Å². The van der Waals surface area contributed by atoms with E-state index in [0.29, 0.717) is 0 Å². The predicted molar refractivity (Wildman–Crippen MR) is 179 cm³/mol. The molecule has 55 heavy (non-hydrogen) atoms. The number of hydrogen-bond donors (Lipinski definition) is 9. The van der Waals surface area contributed by atoms with Crippen LogP contribution in [-0.4, -0.2) is 216 Å². The fourth-order valence-corrected chi connectivity index (χ4v) is 7.82. The maximum atomic E-state index is 11.7. The van der Waals surface area contributed by atoms with Gasteiger partial charge >= 0.3 is 20.8 Å². The van der Waals surface area contributed by atoms with Crippen LogP contribution in [0, 0.1) is 0 Å². The fourth-order valence-electron chi connectivity index (χ4n) is 7.21. The minimum absolute atomic E-state index is 0.502. The summed E-state index contributed by atoms with van der Waals surface area (Å²) in [5.74, 6) is 0. The first-order valence-corrected chi connectivity index (χ1v) is 20.0. The molecular weight excluding hydrogens is 792 g/mol. The van der Waals surface area contributed by atoms with Crippen LogP contribution in [0.5, 0.6) is 0 Å². The minimum Gasteiger partial charge on any atom is -0.388 e. The topological polar surface area (TPSA) is 335 Å². The number of nitrogens with one attached hydrogen (secondary N) is 2. The molecule has 9 N–H and O–H groups in total. The van der Waals surface area contributed by atoms with E-state index in [9.17, 15) is 46.9 Å². The summed E-state index contributed by atoms with van der Waals surface area (Å²) in [5, 5.41) is 61.0. The summed E-state index contributed by atoms with van der Waals surface area (Å²) in [4.78, 5) is 0. The summed E-state index contributed by atoms with van der Waals surface area (Å²) in [6.45, 7) is 2.99. The molecule has 0 spiro atoms. The van der Waals surface area contributed by atoms with Crippen molar-refractivity contribution >= 4 is 20.8 Å². The lowest BCUT2D eigenvalue weighted by molar-refractivity contribution is -0.371. The second-order valence-corrected chi connectivity index (χ2v) is 15.7.